The van der Waals surface area contributed by atoms with Crippen molar-refractivity contribution in [2.45, 2.75) is 33.1 Å². The van der Waals surface area contributed by atoms with Crippen molar-refractivity contribution in [3.63, 3.8) is 0 Å². The van der Waals surface area contributed by atoms with Crippen molar-refractivity contribution in [3.05, 3.63) is 0 Å². The number of carbonyl (C=O) groups is 1. The first-order valence-electron chi connectivity index (χ1n) is 4.90. The van der Waals surface area contributed by atoms with Crippen molar-refractivity contribution in [1.29, 1.82) is 5.26 Å². The standard InChI is InChI=1S/C10H19N3O/c1-10(2,8-12)9(14)13-7-5-3-4-6-11/h3-5,7-8,12H2,1-2H3,(H,13,14). The Hall–Kier alpha value is -1.08. The second kappa shape index (κ2) is 6.39. The molecule has 0 bridgehead atoms. The summed E-state index contributed by atoms with van der Waals surface area (Å²) in [5, 5.41) is 11.1. The van der Waals surface area contributed by atoms with Crippen LogP contribution in [0.15, 0.2) is 0 Å². The van der Waals surface area contributed by atoms with Crippen LogP contribution in [0.1, 0.15) is 33.1 Å². The van der Waals surface area contributed by atoms with Crippen LogP contribution in [0.25, 0.3) is 0 Å². The highest BCUT2D eigenvalue weighted by molar-refractivity contribution is 5.81. The van der Waals surface area contributed by atoms with E-state index in [0.717, 1.165) is 12.8 Å². The van der Waals surface area contributed by atoms with Gasteiger partial charge in [-0.1, -0.05) is 0 Å². The Morgan fingerprint density at radius 3 is 2.64 bits per heavy atom. The molecule has 0 aromatic carbocycles. The number of nitrogens with two attached hydrogens (primary N) is 1. The van der Waals surface area contributed by atoms with Gasteiger partial charge in [-0.05, 0) is 26.7 Å². The number of carbonyl (C=O) groups excluding carboxylic acids is 1. The van der Waals surface area contributed by atoms with Crippen LogP contribution in [0.3, 0.4) is 0 Å². The molecule has 0 rings (SSSR count). The maximum Gasteiger partial charge on any atom is 0.226 e. The van der Waals surface area contributed by atoms with E-state index in [1.165, 1.54) is 0 Å². The highest BCUT2D eigenvalue weighted by Crippen LogP contribution is 2.11. The zero-order chi connectivity index (χ0) is 11.0. The van der Waals surface area contributed by atoms with Crippen LogP contribution in [-0.2, 0) is 4.79 Å². The van der Waals surface area contributed by atoms with Crippen LogP contribution in [0.4, 0.5) is 0 Å². The van der Waals surface area contributed by atoms with E-state index in [2.05, 4.69) is 11.4 Å². The molecule has 0 heterocycles. The number of nitrogens with one attached hydrogen (secondary N) is 1. The topological polar surface area (TPSA) is 78.9 Å². The van der Waals surface area contributed by atoms with Crippen molar-refractivity contribution in [2.24, 2.45) is 11.1 Å². The molecule has 0 spiro atoms. The molecule has 80 valence electrons. The third-order valence-corrected chi connectivity index (χ3v) is 2.13. The first-order valence-corrected chi connectivity index (χ1v) is 4.90. The summed E-state index contributed by atoms with van der Waals surface area (Å²) in [6.45, 7) is 4.61. The van der Waals surface area contributed by atoms with Gasteiger partial charge in [-0.25, -0.2) is 0 Å². The number of unbranched alkanes of at least 4 members (excludes halogenated alkanes) is 2. The van der Waals surface area contributed by atoms with Gasteiger partial charge in [0.05, 0.1) is 11.5 Å². The highest BCUT2D eigenvalue weighted by atomic mass is 16.2. The smallest absolute Gasteiger partial charge is 0.226 e. The lowest BCUT2D eigenvalue weighted by atomic mass is 9.93. The summed E-state index contributed by atoms with van der Waals surface area (Å²) in [6, 6.07) is 2.06. The van der Waals surface area contributed by atoms with Gasteiger partial charge in [0.25, 0.3) is 0 Å². The molecule has 4 heteroatoms. The predicted octanol–water partition coefficient (Wildman–Crippen LogP) is 0.781. The normalized spacial score (nSPS) is 10.7. The van der Waals surface area contributed by atoms with Gasteiger partial charge in [-0.2, -0.15) is 5.26 Å². The van der Waals surface area contributed by atoms with Gasteiger partial charge in [0.1, 0.15) is 0 Å². The summed E-state index contributed by atoms with van der Waals surface area (Å²) in [6.07, 6.45) is 2.23. The SMILES string of the molecule is CC(C)(CN)C(=O)NCCCCC#N. The zero-order valence-corrected chi connectivity index (χ0v) is 8.97. The Bertz CT molecular complexity index is 218. The van der Waals surface area contributed by atoms with Gasteiger partial charge < -0.3 is 11.1 Å². The molecule has 4 nitrogen and oxygen atoms in total. The summed E-state index contributed by atoms with van der Waals surface area (Å²) < 4.78 is 0. The van der Waals surface area contributed by atoms with Crippen LogP contribution in [-0.4, -0.2) is 19.0 Å². The summed E-state index contributed by atoms with van der Waals surface area (Å²) in [5.74, 6) is -0.0167. The van der Waals surface area contributed by atoms with Crippen LogP contribution in [0.5, 0.6) is 0 Å². The second-order valence-corrected chi connectivity index (χ2v) is 3.96. The maximum atomic E-state index is 11.5. The van der Waals surface area contributed by atoms with E-state index in [1.807, 2.05) is 13.8 Å². The maximum absolute atomic E-state index is 11.5. The second-order valence-electron chi connectivity index (χ2n) is 3.96. The highest BCUT2D eigenvalue weighted by Gasteiger charge is 2.24. The number of nitriles is 1. The van der Waals surface area contributed by atoms with Crippen LogP contribution >= 0.6 is 0 Å². The molecular weight excluding hydrogens is 178 g/mol. The minimum atomic E-state index is -0.491. The summed E-state index contributed by atoms with van der Waals surface area (Å²) >= 11 is 0. The molecule has 0 aliphatic heterocycles. The van der Waals surface area contributed by atoms with Gasteiger partial charge in [-0.3, -0.25) is 4.79 Å². The monoisotopic (exact) mass is 197 g/mol. The van der Waals surface area contributed by atoms with E-state index >= 15 is 0 Å². The Morgan fingerprint density at radius 2 is 2.14 bits per heavy atom. The average Bonchev–Trinajstić information content (AvgIpc) is 2.17. The molecule has 0 atom stereocenters. The Balaban J connectivity index is 3.60. The third kappa shape index (κ3) is 4.83. The van der Waals surface area contributed by atoms with Crippen LogP contribution in [0, 0.1) is 16.7 Å². The van der Waals surface area contributed by atoms with Gasteiger partial charge >= 0.3 is 0 Å². The Kier molecular flexibility index (Phi) is 5.89. The lowest BCUT2D eigenvalue weighted by molar-refractivity contribution is -0.128. The number of amides is 1. The van der Waals surface area contributed by atoms with Crippen molar-refractivity contribution in [2.75, 3.05) is 13.1 Å². The van der Waals surface area contributed by atoms with E-state index in [9.17, 15) is 4.79 Å². The average molecular weight is 197 g/mol. The molecule has 1 amide bonds. The van der Waals surface area contributed by atoms with Crippen molar-refractivity contribution >= 4 is 5.91 Å². The number of nitrogens with zero attached hydrogens (tertiary/aromatic N) is 1. The number of rotatable bonds is 6. The van der Waals surface area contributed by atoms with Crippen molar-refractivity contribution in [1.82, 2.24) is 5.32 Å². The van der Waals surface area contributed by atoms with Gasteiger partial charge in [0, 0.05) is 19.5 Å². The number of hydrogen-bond donors (Lipinski definition) is 2. The lowest BCUT2D eigenvalue weighted by Gasteiger charge is -2.21. The largest absolute Gasteiger partial charge is 0.356 e. The molecule has 0 fully saturated rings. The number of hydrogen-bond acceptors (Lipinski definition) is 3. The van der Waals surface area contributed by atoms with Gasteiger partial charge in [0.15, 0.2) is 0 Å². The quantitative estimate of drug-likeness (QED) is 0.618. The fourth-order valence-electron chi connectivity index (χ4n) is 0.863. The van der Waals surface area contributed by atoms with E-state index in [-0.39, 0.29) is 5.91 Å². The molecule has 0 saturated heterocycles. The van der Waals surface area contributed by atoms with Gasteiger partial charge in [-0.15, -0.1) is 0 Å². The van der Waals surface area contributed by atoms with E-state index in [1.54, 1.807) is 0 Å². The fourth-order valence-corrected chi connectivity index (χ4v) is 0.863. The third-order valence-electron chi connectivity index (χ3n) is 2.13. The minimum absolute atomic E-state index is 0.0167. The molecule has 0 aliphatic rings. The van der Waals surface area contributed by atoms with E-state index in [0.29, 0.717) is 19.5 Å². The molecule has 0 aromatic heterocycles. The molecule has 0 aliphatic carbocycles. The zero-order valence-electron chi connectivity index (χ0n) is 8.97. The molecule has 0 aromatic rings. The van der Waals surface area contributed by atoms with E-state index in [4.69, 9.17) is 11.0 Å². The van der Waals surface area contributed by atoms with Crippen molar-refractivity contribution in [3.8, 4) is 6.07 Å². The predicted molar refractivity (Wildman–Crippen MR) is 55.3 cm³/mol. The molecule has 3 N–H and O–H groups in total. The first-order chi connectivity index (χ1) is 6.54. The first kappa shape index (κ1) is 12.9. The Morgan fingerprint density at radius 1 is 1.50 bits per heavy atom. The van der Waals surface area contributed by atoms with E-state index < -0.39 is 5.41 Å². The molecule has 0 saturated carbocycles. The molecular formula is C10H19N3O. The van der Waals surface area contributed by atoms with Crippen LogP contribution < -0.4 is 11.1 Å². The van der Waals surface area contributed by atoms with Gasteiger partial charge in [0.2, 0.25) is 5.91 Å². The molecule has 14 heavy (non-hydrogen) atoms. The van der Waals surface area contributed by atoms with Crippen molar-refractivity contribution < 1.29 is 4.79 Å². The van der Waals surface area contributed by atoms with Crippen LogP contribution in [0.2, 0.25) is 0 Å². The fraction of sp³-hybridized carbons (Fsp3) is 0.800. The minimum Gasteiger partial charge on any atom is -0.356 e. The summed E-state index contributed by atoms with van der Waals surface area (Å²) in [4.78, 5) is 11.5. The molecule has 0 unspecified atom stereocenters. The lowest BCUT2D eigenvalue weighted by Crippen LogP contribution is -2.42. The summed E-state index contributed by atoms with van der Waals surface area (Å²) in [5.41, 5.74) is 4.96. The summed E-state index contributed by atoms with van der Waals surface area (Å²) in [7, 11) is 0. The Labute approximate surface area is 85.5 Å². The molecule has 0 radical (unpaired) electrons.